The molecule has 3 aromatic rings. The molecule has 0 aliphatic rings. The zero-order valence-corrected chi connectivity index (χ0v) is 12.0. The van der Waals surface area contributed by atoms with Gasteiger partial charge in [-0.25, -0.2) is 0 Å². The minimum atomic E-state index is 0.222. The number of rotatable bonds is 4. The summed E-state index contributed by atoms with van der Waals surface area (Å²) in [6, 6.07) is 21.0. The SMILES string of the molecule is Cn1cnnc1SC(c1ccccc1)c1ccccc1. The molecule has 1 heterocycles. The van der Waals surface area contributed by atoms with Crippen molar-refractivity contribution in [1.29, 1.82) is 0 Å². The Bertz CT molecular complexity index is 625. The normalized spacial score (nSPS) is 10.9. The molecule has 0 atom stereocenters. The topological polar surface area (TPSA) is 30.7 Å². The second-order valence-corrected chi connectivity index (χ2v) is 5.62. The van der Waals surface area contributed by atoms with Crippen molar-refractivity contribution in [2.24, 2.45) is 7.05 Å². The fraction of sp³-hybridized carbons (Fsp3) is 0.125. The molecule has 0 fully saturated rings. The van der Waals surface area contributed by atoms with Gasteiger partial charge in [0.25, 0.3) is 0 Å². The Morgan fingerprint density at radius 3 is 1.90 bits per heavy atom. The van der Waals surface area contributed by atoms with Crippen LogP contribution in [0.2, 0.25) is 0 Å². The predicted octanol–water partition coefficient (Wildman–Crippen LogP) is 3.70. The van der Waals surface area contributed by atoms with E-state index in [9.17, 15) is 0 Å². The van der Waals surface area contributed by atoms with Gasteiger partial charge in [-0.3, -0.25) is 0 Å². The van der Waals surface area contributed by atoms with Crippen molar-refractivity contribution in [2.45, 2.75) is 10.4 Å². The lowest BCUT2D eigenvalue weighted by Gasteiger charge is -2.16. The van der Waals surface area contributed by atoms with E-state index >= 15 is 0 Å². The lowest BCUT2D eigenvalue weighted by atomic mass is 10.0. The summed E-state index contributed by atoms with van der Waals surface area (Å²) in [7, 11) is 1.97. The highest BCUT2D eigenvalue weighted by Gasteiger charge is 2.17. The fourth-order valence-electron chi connectivity index (χ4n) is 2.07. The van der Waals surface area contributed by atoms with Crippen LogP contribution in [0.3, 0.4) is 0 Å². The first-order valence-corrected chi connectivity index (χ1v) is 7.33. The van der Waals surface area contributed by atoms with Gasteiger partial charge in [-0.2, -0.15) is 0 Å². The summed E-state index contributed by atoms with van der Waals surface area (Å²) >= 11 is 1.72. The van der Waals surface area contributed by atoms with Crippen LogP contribution in [0.15, 0.2) is 72.1 Å². The molecule has 20 heavy (non-hydrogen) atoms. The van der Waals surface area contributed by atoms with Crippen LogP contribution in [0.1, 0.15) is 16.4 Å². The Morgan fingerprint density at radius 2 is 1.45 bits per heavy atom. The molecule has 0 amide bonds. The molecule has 0 spiro atoms. The van der Waals surface area contributed by atoms with E-state index in [0.717, 1.165) is 5.16 Å². The highest BCUT2D eigenvalue weighted by Crippen LogP contribution is 2.39. The number of aryl methyl sites for hydroxylation is 1. The van der Waals surface area contributed by atoms with Gasteiger partial charge in [0.2, 0.25) is 0 Å². The first-order valence-electron chi connectivity index (χ1n) is 6.45. The molecule has 0 saturated carbocycles. The number of hydrogen-bond acceptors (Lipinski definition) is 3. The van der Waals surface area contributed by atoms with Crippen LogP contribution in [0.4, 0.5) is 0 Å². The highest BCUT2D eigenvalue weighted by atomic mass is 32.2. The summed E-state index contributed by atoms with van der Waals surface area (Å²) in [5.74, 6) is 0. The van der Waals surface area contributed by atoms with Crippen LogP contribution < -0.4 is 0 Å². The molecule has 100 valence electrons. The third-order valence-corrected chi connectivity index (χ3v) is 4.46. The van der Waals surface area contributed by atoms with Crippen molar-refractivity contribution in [3.05, 3.63) is 78.1 Å². The van der Waals surface area contributed by atoms with Gasteiger partial charge in [-0.15, -0.1) is 10.2 Å². The lowest BCUT2D eigenvalue weighted by molar-refractivity contribution is 0.786. The number of thioether (sulfide) groups is 1. The summed E-state index contributed by atoms with van der Waals surface area (Å²) in [5, 5.41) is 9.28. The van der Waals surface area contributed by atoms with E-state index in [1.807, 2.05) is 23.7 Å². The van der Waals surface area contributed by atoms with Crippen molar-refractivity contribution < 1.29 is 0 Å². The van der Waals surface area contributed by atoms with E-state index in [-0.39, 0.29) is 5.25 Å². The molecule has 3 rings (SSSR count). The summed E-state index contributed by atoms with van der Waals surface area (Å²) in [5.41, 5.74) is 2.54. The molecular weight excluding hydrogens is 266 g/mol. The van der Waals surface area contributed by atoms with Gasteiger partial charge in [0, 0.05) is 7.05 Å². The minimum absolute atomic E-state index is 0.222. The minimum Gasteiger partial charge on any atom is -0.312 e. The largest absolute Gasteiger partial charge is 0.312 e. The number of aromatic nitrogens is 3. The maximum atomic E-state index is 4.18. The van der Waals surface area contributed by atoms with Crippen molar-refractivity contribution in [2.75, 3.05) is 0 Å². The fourth-order valence-corrected chi connectivity index (χ4v) is 3.17. The number of hydrogen-bond donors (Lipinski definition) is 0. The highest BCUT2D eigenvalue weighted by molar-refractivity contribution is 7.99. The molecule has 4 heteroatoms. The maximum absolute atomic E-state index is 4.18. The van der Waals surface area contributed by atoms with Crippen LogP contribution in [-0.4, -0.2) is 14.8 Å². The molecule has 0 bridgehead atoms. The van der Waals surface area contributed by atoms with Gasteiger partial charge in [-0.1, -0.05) is 72.4 Å². The smallest absolute Gasteiger partial charge is 0.191 e. The molecule has 0 radical (unpaired) electrons. The Morgan fingerprint density at radius 1 is 0.900 bits per heavy atom. The first-order chi connectivity index (χ1) is 9.84. The van der Waals surface area contributed by atoms with Crippen LogP contribution in [0.25, 0.3) is 0 Å². The van der Waals surface area contributed by atoms with Gasteiger partial charge < -0.3 is 4.57 Å². The second-order valence-electron chi connectivity index (χ2n) is 4.54. The van der Waals surface area contributed by atoms with Crippen molar-refractivity contribution in [3.63, 3.8) is 0 Å². The predicted molar refractivity (Wildman–Crippen MR) is 81.6 cm³/mol. The Kier molecular flexibility index (Phi) is 3.83. The molecule has 2 aromatic carbocycles. The van der Waals surface area contributed by atoms with E-state index in [1.165, 1.54) is 11.1 Å². The van der Waals surface area contributed by atoms with E-state index in [1.54, 1.807) is 18.1 Å². The maximum Gasteiger partial charge on any atom is 0.191 e. The molecule has 3 nitrogen and oxygen atoms in total. The van der Waals surface area contributed by atoms with Gasteiger partial charge in [0.05, 0.1) is 5.25 Å². The van der Waals surface area contributed by atoms with Gasteiger partial charge >= 0.3 is 0 Å². The zero-order chi connectivity index (χ0) is 13.8. The van der Waals surface area contributed by atoms with E-state index < -0.39 is 0 Å². The molecule has 1 aromatic heterocycles. The van der Waals surface area contributed by atoms with Crippen LogP contribution in [0, 0.1) is 0 Å². The molecule has 0 N–H and O–H groups in total. The van der Waals surface area contributed by atoms with Crippen LogP contribution in [0.5, 0.6) is 0 Å². The first kappa shape index (κ1) is 12.9. The van der Waals surface area contributed by atoms with Crippen LogP contribution >= 0.6 is 11.8 Å². The third kappa shape index (κ3) is 2.75. The standard InChI is InChI=1S/C16H15N3S/c1-19-12-17-18-16(19)20-15(13-8-4-2-5-9-13)14-10-6-3-7-11-14/h2-12,15H,1H3. The van der Waals surface area contributed by atoms with Gasteiger partial charge in [-0.05, 0) is 11.1 Å². The molecule has 0 aliphatic carbocycles. The van der Waals surface area contributed by atoms with Crippen molar-refractivity contribution >= 4 is 11.8 Å². The summed E-state index contributed by atoms with van der Waals surface area (Å²) in [4.78, 5) is 0. The molecule has 0 unspecified atom stereocenters. The molecule has 0 saturated heterocycles. The average molecular weight is 281 g/mol. The van der Waals surface area contributed by atoms with Gasteiger partial charge in [0.15, 0.2) is 5.16 Å². The summed E-state index contributed by atoms with van der Waals surface area (Å²) in [6.45, 7) is 0. The number of benzene rings is 2. The zero-order valence-electron chi connectivity index (χ0n) is 11.2. The Balaban J connectivity index is 1.98. The average Bonchev–Trinajstić information content (AvgIpc) is 2.92. The molecule has 0 aliphatic heterocycles. The monoisotopic (exact) mass is 281 g/mol. The Labute approximate surface area is 122 Å². The summed E-state index contributed by atoms with van der Waals surface area (Å²) < 4.78 is 1.95. The molecular formula is C16H15N3S. The second kappa shape index (κ2) is 5.92. The number of nitrogens with zero attached hydrogens (tertiary/aromatic N) is 3. The summed E-state index contributed by atoms with van der Waals surface area (Å²) in [6.07, 6.45) is 1.73. The van der Waals surface area contributed by atoms with Gasteiger partial charge in [0.1, 0.15) is 6.33 Å². The van der Waals surface area contributed by atoms with E-state index in [2.05, 4.69) is 58.7 Å². The quantitative estimate of drug-likeness (QED) is 0.683. The van der Waals surface area contributed by atoms with E-state index in [0.29, 0.717) is 0 Å². The lowest BCUT2D eigenvalue weighted by Crippen LogP contribution is -1.99. The van der Waals surface area contributed by atoms with Crippen molar-refractivity contribution in [3.8, 4) is 0 Å². The van der Waals surface area contributed by atoms with Crippen molar-refractivity contribution in [1.82, 2.24) is 14.8 Å². The third-order valence-electron chi connectivity index (χ3n) is 3.10. The Hall–Kier alpha value is -2.07. The van der Waals surface area contributed by atoms with E-state index in [4.69, 9.17) is 0 Å². The van der Waals surface area contributed by atoms with Crippen LogP contribution in [-0.2, 0) is 7.05 Å².